The van der Waals surface area contributed by atoms with Crippen molar-refractivity contribution in [2.24, 2.45) is 0 Å². The quantitative estimate of drug-likeness (QED) is 0.662. The maximum absolute atomic E-state index is 3.60. The molecule has 1 saturated heterocycles. The van der Waals surface area contributed by atoms with Gasteiger partial charge in [0.2, 0.25) is 0 Å². The van der Waals surface area contributed by atoms with Crippen molar-refractivity contribution in [1.82, 2.24) is 0 Å². The molecule has 1 aromatic carbocycles. The molecule has 0 aromatic heterocycles. The van der Waals surface area contributed by atoms with Gasteiger partial charge in [-0.1, -0.05) is 50.8 Å². The van der Waals surface area contributed by atoms with E-state index in [4.69, 9.17) is 0 Å². The molecule has 94 valence electrons. The predicted molar refractivity (Wildman–Crippen MR) is 82.0 cm³/mol. The maximum Gasteiger partial charge on any atom is 0.0421 e. The minimum atomic E-state index is 0.657. The van der Waals surface area contributed by atoms with Gasteiger partial charge in [-0.2, -0.15) is 0 Å². The van der Waals surface area contributed by atoms with E-state index >= 15 is 0 Å². The van der Waals surface area contributed by atoms with E-state index in [1.54, 1.807) is 0 Å². The van der Waals surface area contributed by atoms with Gasteiger partial charge in [-0.15, -0.1) is 0 Å². The second-order valence-electron chi connectivity index (χ2n) is 4.80. The molecular weight excluding hydrogens is 342 g/mol. The van der Waals surface area contributed by atoms with Crippen molar-refractivity contribution in [2.45, 2.75) is 44.0 Å². The summed E-state index contributed by atoms with van der Waals surface area (Å²) in [5.41, 5.74) is 2.78. The van der Waals surface area contributed by atoms with Crippen LogP contribution in [0, 0.1) is 0 Å². The van der Waals surface area contributed by atoms with Gasteiger partial charge in [0.25, 0.3) is 0 Å². The van der Waals surface area contributed by atoms with Crippen LogP contribution in [0.4, 0.5) is 5.69 Å². The monoisotopic (exact) mass is 359 g/mol. The number of hydrogen-bond acceptors (Lipinski definition) is 1. The second kappa shape index (κ2) is 6.24. The molecule has 3 heteroatoms. The third-order valence-electron chi connectivity index (χ3n) is 3.55. The Morgan fingerprint density at radius 2 is 2.12 bits per heavy atom. The highest BCUT2D eigenvalue weighted by Crippen LogP contribution is 2.31. The van der Waals surface area contributed by atoms with E-state index in [0.29, 0.717) is 6.04 Å². The lowest BCUT2D eigenvalue weighted by molar-refractivity contribution is 0.615. The van der Waals surface area contributed by atoms with Crippen molar-refractivity contribution in [3.63, 3.8) is 0 Å². The summed E-state index contributed by atoms with van der Waals surface area (Å²) in [6, 6.07) is 7.26. The van der Waals surface area contributed by atoms with E-state index in [-0.39, 0.29) is 0 Å². The average molecular weight is 361 g/mol. The largest absolute Gasteiger partial charge is 0.369 e. The first kappa shape index (κ1) is 13.4. The Labute approximate surface area is 121 Å². The van der Waals surface area contributed by atoms with Crippen LogP contribution in [0.1, 0.15) is 38.2 Å². The molecule has 1 fully saturated rings. The Bertz CT molecular complexity index is 378. The number of anilines is 1. The van der Waals surface area contributed by atoms with Crippen molar-refractivity contribution in [3.8, 4) is 0 Å². The van der Waals surface area contributed by atoms with Crippen LogP contribution >= 0.6 is 31.9 Å². The van der Waals surface area contributed by atoms with Gasteiger partial charge in [0.05, 0.1) is 0 Å². The number of halogens is 2. The van der Waals surface area contributed by atoms with Gasteiger partial charge in [0, 0.05) is 28.1 Å². The van der Waals surface area contributed by atoms with Crippen LogP contribution < -0.4 is 4.90 Å². The lowest BCUT2D eigenvalue weighted by Gasteiger charge is -2.31. The van der Waals surface area contributed by atoms with Crippen LogP contribution in [0.2, 0.25) is 0 Å². The Morgan fingerprint density at radius 3 is 2.88 bits per heavy atom. The highest BCUT2D eigenvalue weighted by molar-refractivity contribution is 9.10. The third kappa shape index (κ3) is 3.25. The molecule has 0 amide bonds. The van der Waals surface area contributed by atoms with Gasteiger partial charge >= 0.3 is 0 Å². The summed E-state index contributed by atoms with van der Waals surface area (Å²) in [7, 11) is 0. The molecule has 2 rings (SSSR count). The number of rotatable bonds is 2. The fourth-order valence-corrected chi connectivity index (χ4v) is 3.37. The van der Waals surface area contributed by atoms with Crippen LogP contribution in [0.15, 0.2) is 22.7 Å². The fourth-order valence-electron chi connectivity index (χ4n) is 2.55. The van der Waals surface area contributed by atoms with Crippen molar-refractivity contribution in [3.05, 3.63) is 28.2 Å². The van der Waals surface area contributed by atoms with E-state index in [9.17, 15) is 0 Å². The van der Waals surface area contributed by atoms with Gasteiger partial charge in [0.1, 0.15) is 0 Å². The van der Waals surface area contributed by atoms with Gasteiger partial charge in [0.15, 0.2) is 0 Å². The molecule has 0 aliphatic carbocycles. The maximum atomic E-state index is 3.60. The molecule has 1 unspecified atom stereocenters. The molecule has 1 aromatic rings. The highest BCUT2D eigenvalue weighted by atomic mass is 79.9. The Morgan fingerprint density at radius 1 is 1.29 bits per heavy atom. The summed E-state index contributed by atoms with van der Waals surface area (Å²) < 4.78 is 1.17. The molecular formula is C14H19Br2N. The zero-order valence-electron chi connectivity index (χ0n) is 10.3. The van der Waals surface area contributed by atoms with Crippen LogP contribution in [0.5, 0.6) is 0 Å². The molecule has 1 nitrogen and oxygen atoms in total. The predicted octanol–water partition coefficient (Wildman–Crippen LogP) is 5.11. The Hall–Kier alpha value is -0.0200. The molecule has 0 spiro atoms. The van der Waals surface area contributed by atoms with Crippen molar-refractivity contribution < 1.29 is 0 Å². The lowest BCUT2D eigenvalue weighted by Crippen LogP contribution is -2.33. The molecule has 17 heavy (non-hydrogen) atoms. The Balaban J connectivity index is 2.32. The third-order valence-corrected chi connectivity index (χ3v) is 4.65. The Kier molecular flexibility index (Phi) is 4.92. The summed E-state index contributed by atoms with van der Waals surface area (Å²) in [5, 5.41) is 0.929. The molecule has 1 heterocycles. The van der Waals surface area contributed by atoms with E-state index in [1.807, 2.05) is 0 Å². The number of alkyl halides is 1. The standard InChI is InChI=1S/C14H19Br2N/c1-11-5-3-2-4-8-17(11)14-9-13(16)7-6-12(14)10-15/h6-7,9,11H,2-5,8,10H2,1H3. The van der Waals surface area contributed by atoms with E-state index in [0.717, 1.165) is 5.33 Å². The zero-order valence-corrected chi connectivity index (χ0v) is 13.4. The number of benzene rings is 1. The minimum absolute atomic E-state index is 0.657. The fraction of sp³-hybridized carbons (Fsp3) is 0.571. The lowest BCUT2D eigenvalue weighted by atomic mass is 10.1. The average Bonchev–Trinajstić information content (AvgIpc) is 2.54. The SMILES string of the molecule is CC1CCCCCN1c1cc(Br)ccc1CBr. The van der Waals surface area contributed by atoms with E-state index in [1.165, 1.54) is 48.0 Å². The van der Waals surface area contributed by atoms with Gasteiger partial charge in [-0.05, 0) is 37.5 Å². The smallest absolute Gasteiger partial charge is 0.0421 e. The van der Waals surface area contributed by atoms with Gasteiger partial charge < -0.3 is 4.90 Å². The molecule has 1 atom stereocenters. The van der Waals surface area contributed by atoms with E-state index in [2.05, 4.69) is 61.9 Å². The van der Waals surface area contributed by atoms with Crippen LogP contribution in [-0.4, -0.2) is 12.6 Å². The summed E-state index contributed by atoms with van der Waals surface area (Å²) in [6.07, 6.45) is 5.38. The van der Waals surface area contributed by atoms with Gasteiger partial charge in [-0.3, -0.25) is 0 Å². The number of nitrogens with zero attached hydrogens (tertiary/aromatic N) is 1. The zero-order chi connectivity index (χ0) is 12.3. The second-order valence-corrected chi connectivity index (χ2v) is 6.27. The summed E-state index contributed by atoms with van der Waals surface area (Å²) in [6.45, 7) is 3.54. The minimum Gasteiger partial charge on any atom is -0.369 e. The van der Waals surface area contributed by atoms with Crippen molar-refractivity contribution in [1.29, 1.82) is 0 Å². The molecule has 0 radical (unpaired) electrons. The summed E-state index contributed by atoms with van der Waals surface area (Å²) in [4.78, 5) is 2.58. The summed E-state index contributed by atoms with van der Waals surface area (Å²) >= 11 is 7.19. The molecule has 1 aliphatic rings. The first-order chi connectivity index (χ1) is 8.22. The first-order valence-corrected chi connectivity index (χ1v) is 8.25. The highest BCUT2D eigenvalue weighted by Gasteiger charge is 2.19. The van der Waals surface area contributed by atoms with Crippen molar-refractivity contribution in [2.75, 3.05) is 11.4 Å². The van der Waals surface area contributed by atoms with Crippen LogP contribution in [0.25, 0.3) is 0 Å². The van der Waals surface area contributed by atoms with Crippen LogP contribution in [0.3, 0.4) is 0 Å². The summed E-state index contributed by atoms with van der Waals surface area (Å²) in [5.74, 6) is 0. The first-order valence-electron chi connectivity index (χ1n) is 6.33. The molecule has 0 saturated carbocycles. The van der Waals surface area contributed by atoms with Crippen LogP contribution in [-0.2, 0) is 5.33 Å². The normalized spacial score (nSPS) is 21.4. The number of hydrogen-bond donors (Lipinski definition) is 0. The van der Waals surface area contributed by atoms with Crippen molar-refractivity contribution >= 4 is 37.5 Å². The molecule has 1 aliphatic heterocycles. The van der Waals surface area contributed by atoms with Gasteiger partial charge in [-0.25, -0.2) is 0 Å². The van der Waals surface area contributed by atoms with E-state index < -0.39 is 0 Å². The molecule has 0 N–H and O–H groups in total. The molecule has 0 bridgehead atoms. The topological polar surface area (TPSA) is 3.24 Å².